The van der Waals surface area contributed by atoms with Gasteiger partial charge < -0.3 is 9.84 Å². The number of halogens is 1. The van der Waals surface area contributed by atoms with Gasteiger partial charge in [-0.1, -0.05) is 11.6 Å². The van der Waals surface area contributed by atoms with Gasteiger partial charge in [0.15, 0.2) is 10.7 Å². The number of hydrogen-bond acceptors (Lipinski definition) is 3. The number of hydrogen-bond donors (Lipinski definition) is 1. The summed E-state index contributed by atoms with van der Waals surface area (Å²) in [5.74, 6) is -1.00. The first-order chi connectivity index (χ1) is 5.57. The zero-order valence-corrected chi connectivity index (χ0v) is 7.29. The lowest BCUT2D eigenvalue weighted by Gasteiger charge is -1.99. The van der Waals surface area contributed by atoms with E-state index in [1.165, 1.54) is 11.8 Å². The summed E-state index contributed by atoms with van der Waals surface area (Å²) in [6, 6.07) is 0. The maximum atomic E-state index is 10.6. The first-order valence-corrected chi connectivity index (χ1v) is 3.45. The van der Waals surface area contributed by atoms with Crippen LogP contribution in [0.2, 0.25) is 5.15 Å². The molecule has 0 saturated heterocycles. The van der Waals surface area contributed by atoms with E-state index in [4.69, 9.17) is 21.4 Å². The summed E-state index contributed by atoms with van der Waals surface area (Å²) in [4.78, 5) is 10.6. The molecule has 0 fully saturated rings. The van der Waals surface area contributed by atoms with Crippen molar-refractivity contribution in [2.45, 2.75) is 0 Å². The van der Waals surface area contributed by atoms with Crippen molar-refractivity contribution in [3.05, 3.63) is 10.7 Å². The number of carboxylic acids is 1. The van der Waals surface area contributed by atoms with Crippen molar-refractivity contribution >= 4 is 17.6 Å². The molecule has 0 aliphatic carbocycles. The molecule has 0 unspecified atom stereocenters. The van der Waals surface area contributed by atoms with Crippen LogP contribution in [0.1, 0.15) is 10.4 Å². The molecule has 0 atom stereocenters. The molecule has 0 spiro atoms. The zero-order valence-electron chi connectivity index (χ0n) is 6.54. The standard InChI is InChI=1S/C6H7ClN2O3/c1-9-5(12-2)3(6(10)11)4(7)8-9/h1-2H3,(H,10,11). The van der Waals surface area contributed by atoms with Crippen LogP contribution in [0.25, 0.3) is 0 Å². The second-order valence-corrected chi connectivity index (χ2v) is 2.46. The van der Waals surface area contributed by atoms with E-state index in [1.54, 1.807) is 7.05 Å². The van der Waals surface area contributed by atoms with Crippen molar-refractivity contribution in [1.82, 2.24) is 9.78 Å². The summed E-state index contributed by atoms with van der Waals surface area (Å²) in [5.41, 5.74) is -0.110. The number of aromatic nitrogens is 2. The van der Waals surface area contributed by atoms with Crippen LogP contribution in [0.5, 0.6) is 5.88 Å². The Kier molecular flexibility index (Phi) is 2.23. The molecule has 0 aliphatic rings. The van der Waals surface area contributed by atoms with E-state index in [0.29, 0.717) is 0 Å². The molecule has 0 aromatic carbocycles. The van der Waals surface area contributed by atoms with Crippen LogP contribution in [0, 0.1) is 0 Å². The number of carboxylic acid groups (broad SMARTS) is 1. The lowest BCUT2D eigenvalue weighted by atomic mass is 10.3. The second kappa shape index (κ2) is 3.02. The number of nitrogens with zero attached hydrogens (tertiary/aromatic N) is 2. The molecule has 1 aromatic heterocycles. The summed E-state index contributed by atoms with van der Waals surface area (Å²) in [5, 5.41) is 12.3. The van der Waals surface area contributed by atoms with Gasteiger partial charge in [-0.3, -0.25) is 0 Å². The Morgan fingerprint density at radius 2 is 2.33 bits per heavy atom. The molecule has 0 radical (unpaired) electrons. The molecule has 1 heterocycles. The molecule has 0 aliphatic heterocycles. The molecule has 0 amide bonds. The summed E-state index contributed by atoms with van der Waals surface area (Å²) in [7, 11) is 2.91. The predicted molar refractivity (Wildman–Crippen MR) is 41.7 cm³/mol. The van der Waals surface area contributed by atoms with Crippen molar-refractivity contribution in [2.24, 2.45) is 7.05 Å². The first kappa shape index (κ1) is 8.86. The quantitative estimate of drug-likeness (QED) is 0.749. The Hall–Kier alpha value is -1.23. The molecule has 5 nitrogen and oxygen atoms in total. The minimum absolute atomic E-state index is 0.0677. The van der Waals surface area contributed by atoms with Gasteiger partial charge >= 0.3 is 5.97 Å². The van der Waals surface area contributed by atoms with E-state index in [-0.39, 0.29) is 16.6 Å². The van der Waals surface area contributed by atoms with E-state index in [0.717, 1.165) is 0 Å². The van der Waals surface area contributed by atoms with Crippen LogP contribution < -0.4 is 4.74 Å². The van der Waals surface area contributed by atoms with E-state index in [9.17, 15) is 4.79 Å². The van der Waals surface area contributed by atoms with Crippen LogP contribution in [0.4, 0.5) is 0 Å². The summed E-state index contributed by atoms with van der Waals surface area (Å²) >= 11 is 5.53. The lowest BCUT2D eigenvalue weighted by Crippen LogP contribution is -2.01. The van der Waals surface area contributed by atoms with Gasteiger partial charge in [-0.05, 0) is 0 Å². The van der Waals surface area contributed by atoms with E-state index >= 15 is 0 Å². The number of aromatic carboxylic acids is 1. The van der Waals surface area contributed by atoms with Gasteiger partial charge in [-0.25, -0.2) is 9.48 Å². The third kappa shape index (κ3) is 1.23. The fourth-order valence-corrected chi connectivity index (χ4v) is 1.17. The maximum Gasteiger partial charge on any atom is 0.344 e. The van der Waals surface area contributed by atoms with E-state index in [2.05, 4.69) is 5.10 Å². The summed E-state index contributed by atoms with van der Waals surface area (Å²) in [6.45, 7) is 0. The third-order valence-electron chi connectivity index (χ3n) is 1.36. The molecule has 1 rings (SSSR count). The molecule has 6 heteroatoms. The molecule has 1 aromatic rings. The Labute approximate surface area is 73.5 Å². The van der Waals surface area contributed by atoms with Crippen LogP contribution in [0.15, 0.2) is 0 Å². The third-order valence-corrected chi connectivity index (χ3v) is 1.62. The van der Waals surface area contributed by atoms with Crippen molar-refractivity contribution in [3.8, 4) is 5.88 Å². The number of methoxy groups -OCH3 is 1. The monoisotopic (exact) mass is 190 g/mol. The van der Waals surface area contributed by atoms with E-state index in [1.807, 2.05) is 0 Å². The summed E-state index contributed by atoms with van der Waals surface area (Å²) in [6.07, 6.45) is 0. The van der Waals surface area contributed by atoms with Crippen molar-refractivity contribution in [1.29, 1.82) is 0 Å². The molecule has 0 bridgehead atoms. The topological polar surface area (TPSA) is 64.3 Å². The van der Waals surface area contributed by atoms with Crippen LogP contribution in [-0.4, -0.2) is 28.0 Å². The average Bonchev–Trinajstić information content (AvgIpc) is 2.24. The van der Waals surface area contributed by atoms with Crippen LogP contribution in [-0.2, 0) is 7.05 Å². The minimum Gasteiger partial charge on any atom is -0.481 e. The Morgan fingerprint density at radius 3 is 2.67 bits per heavy atom. The highest BCUT2D eigenvalue weighted by Crippen LogP contribution is 2.24. The smallest absolute Gasteiger partial charge is 0.344 e. The van der Waals surface area contributed by atoms with Gasteiger partial charge in [-0.15, -0.1) is 0 Å². The largest absolute Gasteiger partial charge is 0.481 e. The molecule has 0 saturated carbocycles. The number of ether oxygens (including phenoxy) is 1. The van der Waals surface area contributed by atoms with Crippen molar-refractivity contribution < 1.29 is 14.6 Å². The Balaban J connectivity index is 3.32. The molecular weight excluding hydrogens is 184 g/mol. The Bertz CT molecular complexity index is 321. The molecule has 1 N–H and O–H groups in total. The predicted octanol–water partition coefficient (Wildman–Crippen LogP) is 0.780. The van der Waals surface area contributed by atoms with Crippen LogP contribution in [0.3, 0.4) is 0 Å². The second-order valence-electron chi connectivity index (χ2n) is 2.10. The van der Waals surface area contributed by atoms with Gasteiger partial charge in [0.1, 0.15) is 0 Å². The zero-order chi connectivity index (χ0) is 9.30. The van der Waals surface area contributed by atoms with Crippen LogP contribution >= 0.6 is 11.6 Å². The van der Waals surface area contributed by atoms with Gasteiger partial charge in [0, 0.05) is 7.05 Å². The van der Waals surface area contributed by atoms with Gasteiger partial charge in [-0.2, -0.15) is 5.10 Å². The van der Waals surface area contributed by atoms with Gasteiger partial charge in [0.25, 0.3) is 0 Å². The molecule has 12 heavy (non-hydrogen) atoms. The highest BCUT2D eigenvalue weighted by molar-refractivity contribution is 6.32. The highest BCUT2D eigenvalue weighted by atomic mass is 35.5. The van der Waals surface area contributed by atoms with Gasteiger partial charge in [0.2, 0.25) is 5.88 Å². The fraction of sp³-hybridized carbons (Fsp3) is 0.333. The average molecular weight is 191 g/mol. The lowest BCUT2D eigenvalue weighted by molar-refractivity contribution is 0.0693. The SMILES string of the molecule is COc1c(C(=O)O)c(Cl)nn1C. The van der Waals surface area contributed by atoms with Crippen molar-refractivity contribution in [3.63, 3.8) is 0 Å². The van der Waals surface area contributed by atoms with E-state index < -0.39 is 5.97 Å². The summed E-state index contributed by atoms with van der Waals surface area (Å²) < 4.78 is 6.06. The highest BCUT2D eigenvalue weighted by Gasteiger charge is 2.21. The van der Waals surface area contributed by atoms with Crippen molar-refractivity contribution in [2.75, 3.05) is 7.11 Å². The number of carbonyl (C=O) groups is 1. The maximum absolute atomic E-state index is 10.6. The minimum atomic E-state index is -1.15. The number of rotatable bonds is 2. The Morgan fingerprint density at radius 1 is 1.75 bits per heavy atom. The normalized spacial score (nSPS) is 9.92. The molecule has 66 valence electrons. The molecular formula is C6H7ClN2O3. The van der Waals surface area contributed by atoms with Gasteiger partial charge in [0.05, 0.1) is 7.11 Å². The fourth-order valence-electron chi connectivity index (χ4n) is 0.891. The first-order valence-electron chi connectivity index (χ1n) is 3.07. The number of aryl methyl sites for hydroxylation is 1.